The van der Waals surface area contributed by atoms with Gasteiger partial charge in [0.1, 0.15) is 0 Å². The van der Waals surface area contributed by atoms with Crippen molar-refractivity contribution in [3.8, 4) is 0 Å². The molecule has 0 fully saturated rings. The van der Waals surface area contributed by atoms with Crippen LogP contribution in [0.3, 0.4) is 0 Å². The molecule has 3 nitrogen and oxygen atoms in total. The van der Waals surface area contributed by atoms with E-state index in [0.717, 1.165) is 11.1 Å². The van der Waals surface area contributed by atoms with Gasteiger partial charge in [-0.2, -0.15) is 0 Å². The molecule has 0 aliphatic rings. The van der Waals surface area contributed by atoms with Gasteiger partial charge in [-0.3, -0.25) is 9.63 Å². The lowest BCUT2D eigenvalue weighted by molar-refractivity contribution is -0.162. The van der Waals surface area contributed by atoms with Gasteiger partial charge in [-0.05, 0) is 34.9 Å². The monoisotopic (exact) mass is 255 g/mol. The second-order valence-electron chi connectivity index (χ2n) is 4.41. The molecular weight excluding hydrogens is 238 g/mol. The third-order valence-corrected chi connectivity index (χ3v) is 3.13. The van der Waals surface area contributed by atoms with Crippen molar-refractivity contribution >= 4 is 22.3 Å². The summed E-state index contributed by atoms with van der Waals surface area (Å²) in [7, 11) is 3.06. The van der Waals surface area contributed by atoms with Gasteiger partial charge in [0.15, 0.2) is 0 Å². The van der Waals surface area contributed by atoms with Crippen molar-refractivity contribution in [1.82, 2.24) is 5.06 Å². The van der Waals surface area contributed by atoms with Crippen LogP contribution in [-0.4, -0.2) is 25.1 Å². The number of fused-ring (bicyclic) bond motifs is 1. The van der Waals surface area contributed by atoms with Gasteiger partial charge in [0.25, 0.3) is 5.91 Å². The molecule has 2 aromatic carbocycles. The summed E-state index contributed by atoms with van der Waals surface area (Å²) in [5.41, 5.74) is 1.95. The van der Waals surface area contributed by atoms with E-state index in [2.05, 4.69) is 24.3 Å². The molecular formula is C16H17NO2. The first-order valence-corrected chi connectivity index (χ1v) is 6.11. The standard InChI is InChI=1S/C16H17NO2/c1-12(10-16(18)17(2)19-3)14-9-8-13-6-4-5-7-15(13)11-14/h4-11H,1-3H3/b12-10+. The van der Waals surface area contributed by atoms with E-state index in [-0.39, 0.29) is 5.91 Å². The van der Waals surface area contributed by atoms with Crippen molar-refractivity contribution in [2.45, 2.75) is 6.92 Å². The second kappa shape index (κ2) is 5.67. The van der Waals surface area contributed by atoms with Crippen LogP contribution in [0.1, 0.15) is 12.5 Å². The molecule has 3 heteroatoms. The lowest BCUT2D eigenvalue weighted by Gasteiger charge is -2.11. The van der Waals surface area contributed by atoms with Crippen molar-refractivity contribution in [2.24, 2.45) is 0 Å². The summed E-state index contributed by atoms with van der Waals surface area (Å²) in [6.45, 7) is 1.92. The van der Waals surface area contributed by atoms with E-state index < -0.39 is 0 Å². The molecule has 2 aromatic rings. The molecule has 98 valence electrons. The summed E-state index contributed by atoms with van der Waals surface area (Å²) in [5.74, 6) is -0.173. The predicted molar refractivity (Wildman–Crippen MR) is 77.4 cm³/mol. The molecule has 0 N–H and O–H groups in total. The molecule has 0 bridgehead atoms. The number of amides is 1. The first kappa shape index (κ1) is 13.3. The summed E-state index contributed by atoms with van der Waals surface area (Å²) in [5, 5.41) is 3.56. The molecule has 0 atom stereocenters. The van der Waals surface area contributed by atoms with Crippen LogP contribution in [-0.2, 0) is 9.63 Å². The first-order valence-electron chi connectivity index (χ1n) is 6.11. The predicted octanol–water partition coefficient (Wildman–Crippen LogP) is 3.26. The fourth-order valence-electron chi connectivity index (χ4n) is 1.88. The van der Waals surface area contributed by atoms with Gasteiger partial charge in [0.05, 0.1) is 7.11 Å². The highest BCUT2D eigenvalue weighted by Gasteiger charge is 2.06. The SMILES string of the molecule is CON(C)C(=O)/C=C(\C)c1ccc2ccccc2c1. The zero-order chi connectivity index (χ0) is 13.8. The summed E-state index contributed by atoms with van der Waals surface area (Å²) in [6, 6.07) is 14.3. The number of hydroxylamine groups is 2. The molecule has 1 amide bonds. The maximum absolute atomic E-state index is 11.7. The average molecular weight is 255 g/mol. The van der Waals surface area contributed by atoms with Gasteiger partial charge in [-0.1, -0.05) is 36.4 Å². The number of carbonyl (C=O) groups excluding carboxylic acids is 1. The topological polar surface area (TPSA) is 29.5 Å². The number of hydrogen-bond acceptors (Lipinski definition) is 2. The normalized spacial score (nSPS) is 11.6. The Morgan fingerprint density at radius 1 is 1.16 bits per heavy atom. The number of benzene rings is 2. The molecule has 0 aromatic heterocycles. The maximum atomic E-state index is 11.7. The number of likely N-dealkylation sites (N-methyl/N-ethyl adjacent to an activating group) is 1. The van der Waals surface area contributed by atoms with Crippen molar-refractivity contribution in [1.29, 1.82) is 0 Å². The van der Waals surface area contributed by atoms with Crippen molar-refractivity contribution in [3.63, 3.8) is 0 Å². The average Bonchev–Trinajstić information content (AvgIpc) is 2.45. The maximum Gasteiger partial charge on any atom is 0.270 e. The van der Waals surface area contributed by atoms with Gasteiger partial charge in [-0.25, -0.2) is 5.06 Å². The molecule has 0 saturated carbocycles. The van der Waals surface area contributed by atoms with Gasteiger partial charge in [-0.15, -0.1) is 0 Å². The zero-order valence-corrected chi connectivity index (χ0v) is 11.4. The Labute approximate surface area is 113 Å². The fraction of sp³-hybridized carbons (Fsp3) is 0.188. The summed E-state index contributed by atoms with van der Waals surface area (Å²) in [4.78, 5) is 16.6. The van der Waals surface area contributed by atoms with Crippen LogP contribution < -0.4 is 0 Å². The molecule has 2 rings (SSSR count). The van der Waals surface area contributed by atoms with Crippen LogP contribution >= 0.6 is 0 Å². The molecule has 0 spiro atoms. The zero-order valence-electron chi connectivity index (χ0n) is 11.4. The summed E-state index contributed by atoms with van der Waals surface area (Å²) >= 11 is 0. The smallest absolute Gasteiger partial charge is 0.270 e. The minimum absolute atomic E-state index is 0.173. The molecule has 0 aliphatic heterocycles. The summed E-state index contributed by atoms with van der Waals surface area (Å²) in [6.07, 6.45) is 1.58. The van der Waals surface area contributed by atoms with E-state index in [9.17, 15) is 4.79 Å². The lowest BCUT2D eigenvalue weighted by atomic mass is 10.0. The number of allylic oxidation sites excluding steroid dienone is 1. The highest BCUT2D eigenvalue weighted by molar-refractivity contribution is 5.95. The molecule has 0 radical (unpaired) electrons. The van der Waals surface area contributed by atoms with Crippen molar-refractivity contribution in [3.05, 3.63) is 54.1 Å². The Kier molecular flexibility index (Phi) is 3.97. The highest BCUT2D eigenvalue weighted by Crippen LogP contribution is 2.21. The van der Waals surface area contributed by atoms with Crippen molar-refractivity contribution < 1.29 is 9.63 Å². The van der Waals surface area contributed by atoms with E-state index in [1.54, 1.807) is 13.1 Å². The number of carbonyl (C=O) groups is 1. The highest BCUT2D eigenvalue weighted by atomic mass is 16.7. The molecule has 0 heterocycles. The number of rotatable bonds is 3. The van der Waals surface area contributed by atoms with Crippen LogP contribution in [0.25, 0.3) is 16.3 Å². The van der Waals surface area contributed by atoms with Crippen LogP contribution in [0, 0.1) is 0 Å². The van der Waals surface area contributed by atoms with E-state index >= 15 is 0 Å². The Bertz CT molecular complexity index is 631. The number of nitrogens with zero attached hydrogens (tertiary/aromatic N) is 1. The van der Waals surface area contributed by atoms with Crippen molar-refractivity contribution in [2.75, 3.05) is 14.2 Å². The minimum atomic E-state index is -0.173. The Hall–Kier alpha value is -2.13. The van der Waals surface area contributed by atoms with E-state index in [1.165, 1.54) is 22.9 Å². The third-order valence-electron chi connectivity index (χ3n) is 3.13. The third kappa shape index (κ3) is 3.01. The molecule has 0 unspecified atom stereocenters. The lowest BCUT2D eigenvalue weighted by Crippen LogP contribution is -2.23. The molecule has 19 heavy (non-hydrogen) atoms. The Morgan fingerprint density at radius 2 is 1.84 bits per heavy atom. The quantitative estimate of drug-likeness (QED) is 0.622. The van der Waals surface area contributed by atoms with E-state index in [1.807, 2.05) is 25.1 Å². The molecule has 0 aliphatic carbocycles. The van der Waals surface area contributed by atoms with Crippen LogP contribution in [0.2, 0.25) is 0 Å². The Balaban J connectivity index is 2.33. The van der Waals surface area contributed by atoms with Gasteiger partial charge in [0, 0.05) is 13.1 Å². The van der Waals surface area contributed by atoms with Gasteiger partial charge >= 0.3 is 0 Å². The summed E-state index contributed by atoms with van der Waals surface area (Å²) < 4.78 is 0. The van der Waals surface area contributed by atoms with Crippen LogP contribution in [0.5, 0.6) is 0 Å². The number of hydrogen-bond donors (Lipinski definition) is 0. The Morgan fingerprint density at radius 3 is 2.53 bits per heavy atom. The minimum Gasteiger partial charge on any atom is -0.274 e. The van der Waals surface area contributed by atoms with Gasteiger partial charge in [0.2, 0.25) is 0 Å². The molecule has 0 saturated heterocycles. The fourth-order valence-corrected chi connectivity index (χ4v) is 1.88. The van der Waals surface area contributed by atoms with Crippen LogP contribution in [0.4, 0.5) is 0 Å². The van der Waals surface area contributed by atoms with Crippen LogP contribution in [0.15, 0.2) is 48.5 Å². The van der Waals surface area contributed by atoms with E-state index in [4.69, 9.17) is 4.84 Å². The van der Waals surface area contributed by atoms with E-state index in [0.29, 0.717) is 0 Å². The second-order valence-corrected chi connectivity index (χ2v) is 4.41. The van der Waals surface area contributed by atoms with Gasteiger partial charge < -0.3 is 0 Å². The largest absolute Gasteiger partial charge is 0.274 e. The first-order chi connectivity index (χ1) is 9.11.